The van der Waals surface area contributed by atoms with E-state index in [4.69, 9.17) is 9.47 Å². The summed E-state index contributed by atoms with van der Waals surface area (Å²) >= 11 is 0. The van der Waals surface area contributed by atoms with Crippen LogP contribution in [0.25, 0.3) is 0 Å². The average molecular weight is 208 g/mol. The first-order valence-electron chi connectivity index (χ1n) is 5.00. The van der Waals surface area contributed by atoms with E-state index in [1.807, 2.05) is 31.2 Å². The first-order valence-corrected chi connectivity index (χ1v) is 5.00. The molecule has 0 radical (unpaired) electrons. The van der Waals surface area contributed by atoms with Crippen LogP contribution >= 0.6 is 0 Å². The van der Waals surface area contributed by atoms with Crippen molar-refractivity contribution in [2.24, 2.45) is 0 Å². The summed E-state index contributed by atoms with van der Waals surface area (Å²) in [4.78, 5) is 11.1. The molecule has 0 spiro atoms. The number of hydrogen-bond acceptors (Lipinski definition) is 3. The van der Waals surface area contributed by atoms with Crippen LogP contribution < -0.4 is 4.74 Å². The molecule has 0 heterocycles. The zero-order chi connectivity index (χ0) is 11.3. The van der Waals surface area contributed by atoms with Gasteiger partial charge in [0.15, 0.2) is 0 Å². The Labute approximate surface area is 90.0 Å². The second-order valence-electron chi connectivity index (χ2n) is 3.26. The zero-order valence-corrected chi connectivity index (χ0v) is 9.32. The van der Waals surface area contributed by atoms with Gasteiger partial charge in [0.25, 0.3) is 0 Å². The molecule has 0 aliphatic heterocycles. The molecule has 0 unspecified atom stereocenters. The number of carbonyl (C=O) groups excluding carboxylic acids is 1. The molecule has 82 valence electrons. The van der Waals surface area contributed by atoms with Crippen molar-refractivity contribution < 1.29 is 14.3 Å². The summed E-state index contributed by atoms with van der Waals surface area (Å²) in [5, 5.41) is 0. The maximum absolute atomic E-state index is 11.1. The smallest absolute Gasteiger partial charge is 0.306 e. The van der Waals surface area contributed by atoms with E-state index in [-0.39, 0.29) is 12.1 Å². The summed E-state index contributed by atoms with van der Waals surface area (Å²) < 4.78 is 10.3. The van der Waals surface area contributed by atoms with Crippen molar-refractivity contribution in [1.82, 2.24) is 0 Å². The van der Waals surface area contributed by atoms with Crippen molar-refractivity contribution in [2.45, 2.75) is 26.4 Å². The van der Waals surface area contributed by atoms with Crippen LogP contribution in [0.15, 0.2) is 24.3 Å². The predicted molar refractivity (Wildman–Crippen MR) is 57.8 cm³/mol. The molecule has 1 aromatic rings. The van der Waals surface area contributed by atoms with Crippen molar-refractivity contribution in [3.8, 4) is 5.75 Å². The Bertz CT molecular complexity index is 333. The second-order valence-corrected chi connectivity index (χ2v) is 3.26. The summed E-state index contributed by atoms with van der Waals surface area (Å²) in [6.07, 6.45) is 0.168. The fraction of sp³-hybridized carbons (Fsp3) is 0.417. The number of benzene rings is 1. The molecule has 3 nitrogen and oxygen atoms in total. The number of rotatable bonds is 4. The minimum Gasteiger partial charge on any atom is -0.497 e. The lowest BCUT2D eigenvalue weighted by atomic mass is 10.1. The quantitative estimate of drug-likeness (QED) is 0.714. The summed E-state index contributed by atoms with van der Waals surface area (Å²) in [5.41, 5.74) is 0.941. The standard InChI is InChI=1S/C12H16O3/c1-4-12(13)15-9(2)10-6-5-7-11(8-10)14-3/h5-9H,4H2,1-3H3/t9-/m1/s1. The number of hydrogen-bond donors (Lipinski definition) is 0. The summed E-state index contributed by atoms with van der Waals surface area (Å²) in [6, 6.07) is 7.52. The molecule has 1 atom stereocenters. The van der Waals surface area contributed by atoms with Gasteiger partial charge in [0, 0.05) is 6.42 Å². The number of carbonyl (C=O) groups is 1. The minimum absolute atomic E-state index is 0.190. The predicted octanol–water partition coefficient (Wildman–Crippen LogP) is 2.71. The lowest BCUT2D eigenvalue weighted by Crippen LogP contribution is -2.07. The van der Waals surface area contributed by atoms with Crippen molar-refractivity contribution in [3.63, 3.8) is 0 Å². The molecule has 3 heteroatoms. The van der Waals surface area contributed by atoms with E-state index < -0.39 is 0 Å². The molecule has 0 saturated carbocycles. The monoisotopic (exact) mass is 208 g/mol. The SMILES string of the molecule is CCC(=O)O[C@H](C)c1cccc(OC)c1. The molecule has 1 rings (SSSR count). The van der Waals surface area contributed by atoms with Crippen LogP contribution in [0.4, 0.5) is 0 Å². The molecule has 0 bridgehead atoms. The van der Waals surface area contributed by atoms with Gasteiger partial charge in [-0.2, -0.15) is 0 Å². The molecular weight excluding hydrogens is 192 g/mol. The summed E-state index contributed by atoms with van der Waals surface area (Å²) in [7, 11) is 1.61. The van der Waals surface area contributed by atoms with Crippen molar-refractivity contribution in [3.05, 3.63) is 29.8 Å². The Morgan fingerprint density at radius 3 is 2.80 bits per heavy atom. The van der Waals surface area contributed by atoms with Crippen LogP contribution in [0.2, 0.25) is 0 Å². The molecule has 0 amide bonds. The first-order chi connectivity index (χ1) is 7.17. The normalized spacial score (nSPS) is 11.9. The second kappa shape index (κ2) is 5.39. The minimum atomic E-state index is -0.229. The van der Waals surface area contributed by atoms with E-state index in [1.54, 1.807) is 14.0 Å². The van der Waals surface area contributed by atoms with Crippen LogP contribution in [-0.2, 0) is 9.53 Å². The third-order valence-electron chi connectivity index (χ3n) is 2.16. The van der Waals surface area contributed by atoms with Crippen LogP contribution in [0, 0.1) is 0 Å². The van der Waals surface area contributed by atoms with Gasteiger partial charge in [-0.15, -0.1) is 0 Å². The Morgan fingerprint density at radius 2 is 2.20 bits per heavy atom. The van der Waals surface area contributed by atoms with Crippen LogP contribution in [0.5, 0.6) is 5.75 Å². The van der Waals surface area contributed by atoms with E-state index in [2.05, 4.69) is 0 Å². The lowest BCUT2D eigenvalue weighted by molar-refractivity contribution is -0.148. The van der Waals surface area contributed by atoms with Gasteiger partial charge in [0.1, 0.15) is 11.9 Å². The largest absolute Gasteiger partial charge is 0.497 e. The van der Waals surface area contributed by atoms with Gasteiger partial charge in [0.2, 0.25) is 0 Å². The number of ether oxygens (including phenoxy) is 2. The first kappa shape index (κ1) is 11.6. The Hall–Kier alpha value is -1.51. The Morgan fingerprint density at radius 1 is 1.47 bits per heavy atom. The molecule has 0 fully saturated rings. The molecule has 0 aromatic heterocycles. The molecule has 1 aromatic carbocycles. The van der Waals surface area contributed by atoms with Gasteiger partial charge in [0.05, 0.1) is 7.11 Å². The number of methoxy groups -OCH3 is 1. The molecule has 0 saturated heterocycles. The topological polar surface area (TPSA) is 35.5 Å². The summed E-state index contributed by atoms with van der Waals surface area (Å²) in [6.45, 7) is 3.63. The fourth-order valence-corrected chi connectivity index (χ4v) is 1.24. The van der Waals surface area contributed by atoms with Gasteiger partial charge in [-0.1, -0.05) is 19.1 Å². The van der Waals surface area contributed by atoms with E-state index in [0.29, 0.717) is 6.42 Å². The molecule has 15 heavy (non-hydrogen) atoms. The van der Waals surface area contributed by atoms with Gasteiger partial charge in [-0.25, -0.2) is 0 Å². The van der Waals surface area contributed by atoms with E-state index in [1.165, 1.54) is 0 Å². The number of esters is 1. The molecule has 0 aliphatic rings. The highest BCUT2D eigenvalue weighted by Crippen LogP contribution is 2.21. The average Bonchev–Trinajstić information content (AvgIpc) is 2.28. The Balaban J connectivity index is 2.72. The van der Waals surface area contributed by atoms with Gasteiger partial charge < -0.3 is 9.47 Å². The van der Waals surface area contributed by atoms with Gasteiger partial charge in [-0.3, -0.25) is 4.79 Å². The molecule has 0 N–H and O–H groups in total. The lowest BCUT2D eigenvalue weighted by Gasteiger charge is -2.13. The third-order valence-corrected chi connectivity index (χ3v) is 2.16. The zero-order valence-electron chi connectivity index (χ0n) is 9.32. The highest BCUT2D eigenvalue weighted by Gasteiger charge is 2.10. The van der Waals surface area contributed by atoms with E-state index >= 15 is 0 Å². The van der Waals surface area contributed by atoms with Crippen molar-refractivity contribution >= 4 is 5.97 Å². The van der Waals surface area contributed by atoms with E-state index in [0.717, 1.165) is 11.3 Å². The molecule has 0 aliphatic carbocycles. The van der Waals surface area contributed by atoms with Crippen LogP contribution in [0.3, 0.4) is 0 Å². The van der Waals surface area contributed by atoms with Crippen LogP contribution in [-0.4, -0.2) is 13.1 Å². The third kappa shape index (κ3) is 3.27. The molecular formula is C12H16O3. The fourth-order valence-electron chi connectivity index (χ4n) is 1.24. The van der Waals surface area contributed by atoms with E-state index in [9.17, 15) is 4.79 Å². The highest BCUT2D eigenvalue weighted by atomic mass is 16.5. The van der Waals surface area contributed by atoms with Gasteiger partial charge >= 0.3 is 5.97 Å². The Kier molecular flexibility index (Phi) is 4.16. The van der Waals surface area contributed by atoms with Crippen molar-refractivity contribution in [1.29, 1.82) is 0 Å². The van der Waals surface area contributed by atoms with Crippen LogP contribution in [0.1, 0.15) is 31.9 Å². The van der Waals surface area contributed by atoms with Gasteiger partial charge in [-0.05, 0) is 24.6 Å². The highest BCUT2D eigenvalue weighted by molar-refractivity contribution is 5.69. The maximum Gasteiger partial charge on any atom is 0.306 e. The maximum atomic E-state index is 11.1. The van der Waals surface area contributed by atoms with Crippen molar-refractivity contribution in [2.75, 3.05) is 7.11 Å². The summed E-state index contributed by atoms with van der Waals surface area (Å²) in [5.74, 6) is 0.581.